The summed E-state index contributed by atoms with van der Waals surface area (Å²) in [6, 6.07) is 4.16. The number of nitrogens with zero attached hydrogens (tertiary/aromatic N) is 1. The van der Waals surface area contributed by atoms with Crippen molar-refractivity contribution >= 4 is 21.6 Å². The van der Waals surface area contributed by atoms with Crippen molar-refractivity contribution < 1.29 is 0 Å². The smallest absolute Gasteiger partial charge is 0.0846 e. The maximum absolute atomic E-state index is 4.33. The number of rotatable bonds is 1. The van der Waals surface area contributed by atoms with Crippen LogP contribution in [0.3, 0.4) is 0 Å². The average molecular weight is 176 g/mol. The van der Waals surface area contributed by atoms with Crippen LogP contribution in [-0.4, -0.2) is 4.98 Å². The summed E-state index contributed by atoms with van der Waals surface area (Å²) >= 11 is 1.69. The molecule has 0 N–H and O–H groups in total. The molecule has 0 aliphatic carbocycles. The van der Waals surface area contributed by atoms with E-state index in [9.17, 15) is 0 Å². The van der Waals surface area contributed by atoms with Crippen molar-refractivity contribution in [3.05, 3.63) is 35.7 Å². The minimum atomic E-state index is 1.01. The van der Waals surface area contributed by atoms with Gasteiger partial charge in [0, 0.05) is 0 Å². The van der Waals surface area contributed by atoms with Gasteiger partial charge in [0.15, 0.2) is 0 Å². The molecule has 2 aromatic rings. The van der Waals surface area contributed by atoms with E-state index in [2.05, 4.69) is 31.0 Å². The molecule has 0 aliphatic heterocycles. The lowest BCUT2D eigenvalue weighted by Crippen LogP contribution is -1.87. The molecule has 0 spiro atoms. The van der Waals surface area contributed by atoms with E-state index in [-0.39, 0.29) is 0 Å². The molecule has 1 heterocycles. The van der Waals surface area contributed by atoms with Gasteiger partial charge in [-0.2, -0.15) is 0 Å². The van der Waals surface area contributed by atoms with Gasteiger partial charge in [0.2, 0.25) is 0 Å². The lowest BCUT2D eigenvalue weighted by atomic mass is 10.1. The minimum absolute atomic E-state index is 1.01. The third-order valence-corrected chi connectivity index (χ3v) is 2.85. The van der Waals surface area contributed by atoms with Gasteiger partial charge < -0.3 is 0 Å². The highest BCUT2D eigenvalue weighted by atomic mass is 32.1. The number of benzene rings is 1. The van der Waals surface area contributed by atoms with Crippen molar-refractivity contribution in [3.63, 3.8) is 0 Å². The van der Waals surface area contributed by atoms with Gasteiger partial charge in [-0.3, -0.25) is 0 Å². The van der Waals surface area contributed by atoms with Crippen LogP contribution in [-0.2, 0) is 6.42 Å². The largest absolute Gasteiger partial charge is 0.244 e. The fraction of sp³-hybridized carbons (Fsp3) is 0.200. The second kappa shape index (κ2) is 2.87. The molecule has 0 atom stereocenters. The Kier molecular flexibility index (Phi) is 1.85. The Hall–Kier alpha value is -0.890. The van der Waals surface area contributed by atoms with Crippen LogP contribution >= 0.6 is 11.3 Å². The third kappa shape index (κ3) is 1.03. The van der Waals surface area contributed by atoms with Crippen molar-refractivity contribution in [3.8, 4) is 0 Å². The van der Waals surface area contributed by atoms with Crippen LogP contribution in [0.1, 0.15) is 18.1 Å². The van der Waals surface area contributed by atoms with E-state index in [4.69, 9.17) is 0 Å². The molecule has 1 nitrogen and oxygen atoms in total. The summed E-state index contributed by atoms with van der Waals surface area (Å²) in [5.74, 6) is 0. The van der Waals surface area contributed by atoms with Gasteiger partial charge in [-0.15, -0.1) is 11.3 Å². The number of hydrogen-bond acceptors (Lipinski definition) is 2. The van der Waals surface area contributed by atoms with E-state index in [0.29, 0.717) is 0 Å². The molecule has 1 aromatic heterocycles. The molecule has 0 fully saturated rings. The minimum Gasteiger partial charge on any atom is -0.244 e. The SMILES string of the molecule is [CH2]c1ccc2scnc2c1CC. The van der Waals surface area contributed by atoms with Gasteiger partial charge in [-0.1, -0.05) is 13.0 Å². The third-order valence-electron chi connectivity index (χ3n) is 2.06. The van der Waals surface area contributed by atoms with E-state index in [0.717, 1.165) is 17.5 Å². The normalized spacial score (nSPS) is 10.8. The Balaban J connectivity index is 2.83. The topological polar surface area (TPSA) is 12.9 Å². The monoisotopic (exact) mass is 176 g/mol. The number of fused-ring (bicyclic) bond motifs is 1. The van der Waals surface area contributed by atoms with E-state index < -0.39 is 0 Å². The van der Waals surface area contributed by atoms with Crippen LogP contribution in [0.2, 0.25) is 0 Å². The van der Waals surface area contributed by atoms with Crippen LogP contribution in [0.15, 0.2) is 17.6 Å². The molecule has 1 radical (unpaired) electrons. The lowest BCUT2D eigenvalue weighted by molar-refractivity contribution is 1.14. The van der Waals surface area contributed by atoms with Gasteiger partial charge in [-0.05, 0) is 30.5 Å². The second-order valence-corrected chi connectivity index (χ2v) is 3.64. The fourth-order valence-electron chi connectivity index (χ4n) is 1.42. The Bertz CT molecular complexity index is 403. The standard InChI is InChI=1S/C10H10NS/c1-3-8-7(2)4-5-9-10(8)11-6-12-9/h4-6H,2-3H2,1H3. The molecule has 0 unspecified atom stereocenters. The van der Waals surface area contributed by atoms with Crippen molar-refractivity contribution in [2.45, 2.75) is 13.3 Å². The Morgan fingerprint density at radius 1 is 1.50 bits per heavy atom. The van der Waals surface area contributed by atoms with Gasteiger partial charge in [0.1, 0.15) is 0 Å². The molecule has 1 aromatic carbocycles. The van der Waals surface area contributed by atoms with E-state index >= 15 is 0 Å². The van der Waals surface area contributed by atoms with E-state index in [1.54, 1.807) is 11.3 Å². The van der Waals surface area contributed by atoms with Gasteiger partial charge in [0.05, 0.1) is 15.7 Å². The Labute approximate surface area is 76.1 Å². The summed E-state index contributed by atoms with van der Waals surface area (Å²) in [4.78, 5) is 4.33. The molecule has 2 heteroatoms. The number of hydrogen-bond donors (Lipinski definition) is 0. The number of aryl methyl sites for hydroxylation is 1. The van der Waals surface area contributed by atoms with Crippen LogP contribution in [0.5, 0.6) is 0 Å². The van der Waals surface area contributed by atoms with Crippen LogP contribution < -0.4 is 0 Å². The van der Waals surface area contributed by atoms with Crippen molar-refractivity contribution in [2.75, 3.05) is 0 Å². The summed E-state index contributed by atoms with van der Waals surface area (Å²) in [6.07, 6.45) is 1.01. The molecule has 0 amide bonds. The first-order valence-corrected chi connectivity index (χ1v) is 4.88. The summed E-state index contributed by atoms with van der Waals surface area (Å²) < 4.78 is 1.26. The lowest BCUT2D eigenvalue weighted by Gasteiger charge is -2.01. The zero-order chi connectivity index (χ0) is 8.55. The number of thiazole rings is 1. The van der Waals surface area contributed by atoms with E-state index in [1.807, 2.05) is 5.51 Å². The maximum Gasteiger partial charge on any atom is 0.0846 e. The highest BCUT2D eigenvalue weighted by molar-refractivity contribution is 7.16. The quantitative estimate of drug-likeness (QED) is 0.650. The first kappa shape index (κ1) is 7.74. The molecule has 0 bridgehead atoms. The predicted molar refractivity (Wildman–Crippen MR) is 53.5 cm³/mol. The van der Waals surface area contributed by atoms with E-state index in [1.165, 1.54) is 10.3 Å². The van der Waals surface area contributed by atoms with Gasteiger partial charge in [-0.25, -0.2) is 4.98 Å². The summed E-state index contributed by atoms with van der Waals surface area (Å²) in [5, 5.41) is 0. The van der Waals surface area contributed by atoms with Crippen molar-refractivity contribution in [2.24, 2.45) is 0 Å². The summed E-state index contributed by atoms with van der Waals surface area (Å²) in [6.45, 7) is 6.13. The molecular formula is C10H10NS. The molecule has 61 valence electrons. The number of aromatic nitrogens is 1. The average Bonchev–Trinajstić information content (AvgIpc) is 2.52. The zero-order valence-corrected chi connectivity index (χ0v) is 7.82. The predicted octanol–water partition coefficient (Wildman–Crippen LogP) is 3.04. The second-order valence-electron chi connectivity index (χ2n) is 2.76. The molecule has 0 aliphatic rings. The van der Waals surface area contributed by atoms with Crippen molar-refractivity contribution in [1.29, 1.82) is 0 Å². The Morgan fingerprint density at radius 3 is 3.08 bits per heavy atom. The molecule has 0 saturated carbocycles. The van der Waals surface area contributed by atoms with Gasteiger partial charge in [0.25, 0.3) is 0 Å². The highest BCUT2D eigenvalue weighted by Crippen LogP contribution is 2.24. The highest BCUT2D eigenvalue weighted by Gasteiger charge is 2.04. The first-order valence-electron chi connectivity index (χ1n) is 4.00. The van der Waals surface area contributed by atoms with Crippen LogP contribution in [0, 0.1) is 6.92 Å². The summed E-state index contributed by atoms with van der Waals surface area (Å²) in [5.41, 5.74) is 5.42. The van der Waals surface area contributed by atoms with Gasteiger partial charge >= 0.3 is 0 Å². The molecule has 12 heavy (non-hydrogen) atoms. The van der Waals surface area contributed by atoms with Crippen molar-refractivity contribution in [1.82, 2.24) is 4.98 Å². The first-order chi connectivity index (χ1) is 5.83. The maximum atomic E-state index is 4.33. The molecular weight excluding hydrogens is 166 g/mol. The summed E-state index contributed by atoms with van der Waals surface area (Å²) in [7, 11) is 0. The molecule has 2 rings (SSSR count). The fourth-order valence-corrected chi connectivity index (χ4v) is 2.13. The molecule has 0 saturated heterocycles. The van der Waals surface area contributed by atoms with Crippen LogP contribution in [0.4, 0.5) is 0 Å². The zero-order valence-electron chi connectivity index (χ0n) is 7.00. The Morgan fingerprint density at radius 2 is 2.33 bits per heavy atom. The van der Waals surface area contributed by atoms with Crippen LogP contribution in [0.25, 0.3) is 10.2 Å².